The Morgan fingerprint density at radius 2 is 2.08 bits per heavy atom. The number of para-hydroxylation sites is 1. The van der Waals surface area contributed by atoms with E-state index in [0.717, 1.165) is 12.1 Å². The van der Waals surface area contributed by atoms with Crippen molar-refractivity contribution < 1.29 is 0 Å². The van der Waals surface area contributed by atoms with Crippen molar-refractivity contribution >= 4 is 5.69 Å². The fourth-order valence-corrected chi connectivity index (χ4v) is 1.18. The normalized spacial score (nSPS) is 9.50. The molecular formula is C11H15N. The number of hydrogen-bond donors (Lipinski definition) is 1. The minimum atomic E-state index is 0.982. The molecule has 0 saturated carbocycles. The maximum absolute atomic E-state index is 3.81. The van der Waals surface area contributed by atoms with Gasteiger partial charge < -0.3 is 5.32 Å². The lowest BCUT2D eigenvalue weighted by Crippen LogP contribution is -1.97. The number of allylic oxidation sites excluding steroid dienone is 1. The summed E-state index contributed by atoms with van der Waals surface area (Å²) in [5.74, 6) is 0. The summed E-state index contributed by atoms with van der Waals surface area (Å²) in [6.07, 6.45) is 1.05. The highest BCUT2D eigenvalue weighted by Crippen LogP contribution is 2.16. The molecule has 0 atom stereocenters. The molecule has 0 aliphatic heterocycles. The monoisotopic (exact) mass is 161 g/mol. The number of anilines is 1. The maximum Gasteiger partial charge on any atom is 0.0413 e. The molecule has 12 heavy (non-hydrogen) atoms. The molecular weight excluding hydrogens is 146 g/mol. The fourth-order valence-electron chi connectivity index (χ4n) is 1.18. The number of hydrogen-bond acceptors (Lipinski definition) is 1. The van der Waals surface area contributed by atoms with E-state index >= 15 is 0 Å². The molecule has 0 aromatic heterocycles. The Kier molecular flexibility index (Phi) is 2.92. The third-order valence-corrected chi connectivity index (χ3v) is 1.75. The van der Waals surface area contributed by atoms with Gasteiger partial charge in [-0.15, -0.1) is 0 Å². The van der Waals surface area contributed by atoms with Crippen LogP contribution in [0, 0.1) is 0 Å². The van der Waals surface area contributed by atoms with Gasteiger partial charge in [0.15, 0.2) is 0 Å². The third kappa shape index (κ3) is 2.12. The Morgan fingerprint density at radius 3 is 2.67 bits per heavy atom. The lowest BCUT2D eigenvalue weighted by molar-refractivity contribution is 1.14. The molecule has 0 fully saturated rings. The van der Waals surface area contributed by atoms with Gasteiger partial charge >= 0.3 is 0 Å². The summed E-state index contributed by atoms with van der Waals surface area (Å²) in [4.78, 5) is 0. The van der Waals surface area contributed by atoms with Crippen molar-refractivity contribution in [3.05, 3.63) is 42.1 Å². The van der Waals surface area contributed by atoms with Gasteiger partial charge in [-0.1, -0.05) is 31.7 Å². The molecule has 0 saturated heterocycles. The highest BCUT2D eigenvalue weighted by atomic mass is 14.9. The van der Waals surface area contributed by atoms with Crippen molar-refractivity contribution in [1.82, 2.24) is 0 Å². The van der Waals surface area contributed by atoms with E-state index in [1.54, 1.807) is 0 Å². The first-order valence-electron chi connectivity index (χ1n) is 4.24. The first kappa shape index (κ1) is 8.85. The summed E-state index contributed by atoms with van der Waals surface area (Å²) >= 11 is 0. The number of benzene rings is 1. The van der Waals surface area contributed by atoms with Gasteiger partial charge in [-0.25, -0.2) is 0 Å². The van der Waals surface area contributed by atoms with Crippen molar-refractivity contribution in [2.45, 2.75) is 20.3 Å². The van der Waals surface area contributed by atoms with Crippen LogP contribution in [0.25, 0.3) is 0 Å². The Morgan fingerprint density at radius 1 is 1.42 bits per heavy atom. The number of rotatable bonds is 3. The lowest BCUT2D eigenvalue weighted by Gasteiger charge is -2.09. The van der Waals surface area contributed by atoms with E-state index in [2.05, 4.69) is 37.0 Å². The van der Waals surface area contributed by atoms with Crippen LogP contribution in [-0.4, -0.2) is 0 Å². The summed E-state index contributed by atoms with van der Waals surface area (Å²) in [6.45, 7) is 7.93. The van der Waals surface area contributed by atoms with Gasteiger partial charge in [-0.3, -0.25) is 0 Å². The van der Waals surface area contributed by atoms with Crippen LogP contribution in [0.5, 0.6) is 0 Å². The molecule has 0 spiro atoms. The molecule has 1 heteroatoms. The van der Waals surface area contributed by atoms with Crippen molar-refractivity contribution in [1.29, 1.82) is 0 Å². The minimum absolute atomic E-state index is 0.982. The molecule has 0 radical (unpaired) electrons. The predicted molar refractivity (Wildman–Crippen MR) is 54.3 cm³/mol. The lowest BCUT2D eigenvalue weighted by atomic mass is 10.1. The van der Waals surface area contributed by atoms with Crippen LogP contribution in [0.2, 0.25) is 0 Å². The second-order valence-electron chi connectivity index (χ2n) is 2.92. The molecule has 1 aromatic rings. The average Bonchev–Trinajstić information content (AvgIpc) is 2.04. The quantitative estimate of drug-likeness (QED) is 0.717. The molecule has 0 heterocycles. The van der Waals surface area contributed by atoms with Crippen LogP contribution >= 0.6 is 0 Å². The van der Waals surface area contributed by atoms with Crippen molar-refractivity contribution in [3.8, 4) is 0 Å². The number of nitrogens with one attached hydrogen (secondary N) is 1. The molecule has 0 aliphatic rings. The van der Waals surface area contributed by atoms with E-state index < -0.39 is 0 Å². The Labute approximate surface area is 74.1 Å². The van der Waals surface area contributed by atoms with E-state index in [1.807, 2.05) is 13.0 Å². The molecule has 1 aromatic carbocycles. The van der Waals surface area contributed by atoms with E-state index in [4.69, 9.17) is 0 Å². The van der Waals surface area contributed by atoms with Crippen molar-refractivity contribution in [2.75, 3.05) is 5.32 Å². The minimum Gasteiger partial charge on any atom is -0.359 e. The Balaban J connectivity index is 2.89. The van der Waals surface area contributed by atoms with Crippen LogP contribution in [0.1, 0.15) is 19.4 Å². The van der Waals surface area contributed by atoms with E-state index in [1.165, 1.54) is 11.3 Å². The second-order valence-corrected chi connectivity index (χ2v) is 2.92. The SMILES string of the molecule is C=C(C)Nc1ccccc1CC. The van der Waals surface area contributed by atoms with Gasteiger partial charge in [0.05, 0.1) is 0 Å². The largest absolute Gasteiger partial charge is 0.359 e. The van der Waals surface area contributed by atoms with Gasteiger partial charge in [-0.2, -0.15) is 0 Å². The van der Waals surface area contributed by atoms with Crippen LogP contribution in [0.15, 0.2) is 36.5 Å². The number of aryl methyl sites for hydroxylation is 1. The van der Waals surface area contributed by atoms with Crippen LogP contribution < -0.4 is 5.32 Å². The summed E-state index contributed by atoms with van der Waals surface area (Å²) in [5, 5.41) is 3.23. The van der Waals surface area contributed by atoms with Crippen LogP contribution in [0.3, 0.4) is 0 Å². The van der Waals surface area contributed by atoms with Gasteiger partial charge in [0, 0.05) is 11.4 Å². The standard InChI is InChI=1S/C11H15N/c1-4-10-7-5-6-8-11(10)12-9(2)3/h5-8,12H,2,4H2,1,3H3. The van der Waals surface area contributed by atoms with Gasteiger partial charge in [0.2, 0.25) is 0 Å². The Bertz CT molecular complexity index is 276. The molecule has 1 rings (SSSR count). The molecule has 0 unspecified atom stereocenters. The fraction of sp³-hybridized carbons (Fsp3) is 0.273. The third-order valence-electron chi connectivity index (χ3n) is 1.75. The highest BCUT2D eigenvalue weighted by Gasteiger charge is 1.96. The molecule has 0 aliphatic carbocycles. The first-order chi connectivity index (χ1) is 5.74. The van der Waals surface area contributed by atoms with Crippen LogP contribution in [0.4, 0.5) is 5.69 Å². The zero-order valence-electron chi connectivity index (χ0n) is 7.72. The second kappa shape index (κ2) is 3.96. The molecule has 0 bridgehead atoms. The van der Waals surface area contributed by atoms with E-state index in [9.17, 15) is 0 Å². The van der Waals surface area contributed by atoms with Gasteiger partial charge in [-0.05, 0) is 25.0 Å². The van der Waals surface area contributed by atoms with Crippen LogP contribution in [-0.2, 0) is 6.42 Å². The summed E-state index contributed by atoms with van der Waals surface area (Å²) in [6, 6.07) is 8.30. The topological polar surface area (TPSA) is 12.0 Å². The zero-order valence-corrected chi connectivity index (χ0v) is 7.72. The average molecular weight is 161 g/mol. The van der Waals surface area contributed by atoms with Gasteiger partial charge in [0.25, 0.3) is 0 Å². The Hall–Kier alpha value is -1.24. The first-order valence-corrected chi connectivity index (χ1v) is 4.24. The molecule has 1 nitrogen and oxygen atoms in total. The highest BCUT2D eigenvalue weighted by molar-refractivity contribution is 5.54. The maximum atomic E-state index is 3.81. The smallest absolute Gasteiger partial charge is 0.0413 e. The molecule has 64 valence electrons. The van der Waals surface area contributed by atoms with E-state index in [0.29, 0.717) is 0 Å². The molecule has 1 N–H and O–H groups in total. The molecule has 0 amide bonds. The van der Waals surface area contributed by atoms with Crippen molar-refractivity contribution in [2.24, 2.45) is 0 Å². The van der Waals surface area contributed by atoms with Crippen molar-refractivity contribution in [3.63, 3.8) is 0 Å². The predicted octanol–water partition coefficient (Wildman–Crippen LogP) is 3.19. The van der Waals surface area contributed by atoms with Gasteiger partial charge in [0.1, 0.15) is 0 Å². The zero-order chi connectivity index (χ0) is 8.97. The summed E-state index contributed by atoms with van der Waals surface area (Å²) < 4.78 is 0. The summed E-state index contributed by atoms with van der Waals surface area (Å²) in [7, 11) is 0. The summed E-state index contributed by atoms with van der Waals surface area (Å²) in [5.41, 5.74) is 3.49. The van der Waals surface area contributed by atoms with E-state index in [-0.39, 0.29) is 0 Å².